The Balaban J connectivity index is 2.03. The van der Waals surface area contributed by atoms with Crippen molar-refractivity contribution in [2.75, 3.05) is 0 Å². The Morgan fingerprint density at radius 2 is 1.90 bits per heavy atom. The summed E-state index contributed by atoms with van der Waals surface area (Å²) in [4.78, 5) is 13.7. The molecule has 0 spiro atoms. The molecule has 1 atom stereocenters. The van der Waals surface area contributed by atoms with E-state index in [1.807, 2.05) is 12.1 Å². The molecule has 1 aliphatic carbocycles. The van der Waals surface area contributed by atoms with Gasteiger partial charge < -0.3 is 0 Å². The maximum Gasteiger partial charge on any atom is 0.257 e. The number of hydrogen-bond acceptors (Lipinski definition) is 3. The van der Waals surface area contributed by atoms with E-state index in [4.69, 9.17) is 0 Å². The predicted octanol–water partition coefficient (Wildman–Crippen LogP) is 1.92. The molecule has 1 fully saturated rings. The number of carbonyl (C=O) groups is 1. The lowest BCUT2D eigenvalue weighted by Crippen LogP contribution is -2.42. The van der Waals surface area contributed by atoms with Crippen LogP contribution < -0.4 is 10.3 Å². The zero-order valence-corrected chi connectivity index (χ0v) is 12.5. The number of benzene rings is 1. The first-order chi connectivity index (χ1) is 9.44. The van der Waals surface area contributed by atoms with Crippen LogP contribution in [0.25, 0.3) is 0 Å². The Labute approximate surface area is 119 Å². The molecule has 0 unspecified atom stereocenters. The minimum atomic E-state index is -3.69. The van der Waals surface area contributed by atoms with E-state index in [9.17, 15) is 13.2 Å². The fraction of sp³-hybridized carbons (Fsp3) is 0.500. The fourth-order valence-electron chi connectivity index (χ4n) is 1.84. The van der Waals surface area contributed by atoms with Crippen molar-refractivity contribution >= 4 is 15.9 Å². The molecule has 0 radical (unpaired) electrons. The van der Waals surface area contributed by atoms with E-state index in [0.29, 0.717) is 5.92 Å². The van der Waals surface area contributed by atoms with Gasteiger partial charge in [-0.25, -0.2) is 8.42 Å². The smallest absolute Gasteiger partial charge is 0.257 e. The SMILES string of the molecule is CC[C@@H](C)c1ccc(S(=O)(=O)NNC(=O)C2CC2)cc1. The maximum absolute atomic E-state index is 12.0. The number of nitrogens with one attached hydrogen (secondary N) is 2. The first-order valence-corrected chi connectivity index (χ1v) is 8.34. The highest BCUT2D eigenvalue weighted by Gasteiger charge is 2.30. The summed E-state index contributed by atoms with van der Waals surface area (Å²) in [6, 6.07) is 6.75. The quantitative estimate of drug-likeness (QED) is 0.788. The first kappa shape index (κ1) is 15.0. The van der Waals surface area contributed by atoms with Crippen LogP contribution in [-0.2, 0) is 14.8 Å². The third kappa shape index (κ3) is 3.58. The second kappa shape index (κ2) is 5.93. The molecule has 1 aromatic carbocycles. The van der Waals surface area contributed by atoms with Gasteiger partial charge in [0.25, 0.3) is 10.0 Å². The van der Waals surface area contributed by atoms with Gasteiger partial charge in [0.2, 0.25) is 5.91 Å². The molecule has 1 aromatic rings. The standard InChI is InChI=1S/C14H20N2O3S/c1-3-10(2)11-6-8-13(9-7-11)20(18,19)16-15-14(17)12-4-5-12/h6-10,12,16H,3-5H2,1-2H3,(H,15,17)/t10-/m1/s1. The third-order valence-electron chi connectivity index (χ3n) is 3.63. The molecule has 20 heavy (non-hydrogen) atoms. The summed E-state index contributed by atoms with van der Waals surface area (Å²) in [7, 11) is -3.69. The normalized spacial score (nSPS) is 16.7. The van der Waals surface area contributed by atoms with Crippen molar-refractivity contribution in [3.8, 4) is 0 Å². The highest BCUT2D eigenvalue weighted by molar-refractivity contribution is 7.89. The molecule has 0 bridgehead atoms. The van der Waals surface area contributed by atoms with Crippen LogP contribution >= 0.6 is 0 Å². The zero-order chi connectivity index (χ0) is 14.8. The lowest BCUT2D eigenvalue weighted by molar-refractivity contribution is -0.122. The summed E-state index contributed by atoms with van der Waals surface area (Å²) >= 11 is 0. The molecule has 1 aliphatic rings. The third-order valence-corrected chi connectivity index (χ3v) is 4.89. The van der Waals surface area contributed by atoms with E-state index in [0.717, 1.165) is 24.8 Å². The van der Waals surface area contributed by atoms with Crippen molar-refractivity contribution in [3.05, 3.63) is 29.8 Å². The summed E-state index contributed by atoms with van der Waals surface area (Å²) < 4.78 is 24.0. The minimum Gasteiger partial charge on any atom is -0.277 e. The van der Waals surface area contributed by atoms with Crippen molar-refractivity contribution in [3.63, 3.8) is 0 Å². The molecule has 0 aromatic heterocycles. The summed E-state index contributed by atoms with van der Waals surface area (Å²) in [5, 5.41) is 0. The summed E-state index contributed by atoms with van der Waals surface area (Å²) in [5.41, 5.74) is 3.36. The van der Waals surface area contributed by atoms with Crippen LogP contribution in [0.1, 0.15) is 44.6 Å². The van der Waals surface area contributed by atoms with Gasteiger partial charge >= 0.3 is 0 Å². The Kier molecular flexibility index (Phi) is 4.45. The molecule has 0 saturated heterocycles. The molecule has 0 heterocycles. The number of hydrogen-bond donors (Lipinski definition) is 2. The largest absolute Gasteiger partial charge is 0.277 e. The summed E-state index contributed by atoms with van der Waals surface area (Å²) in [6.45, 7) is 4.18. The second-order valence-corrected chi connectivity index (χ2v) is 6.93. The highest BCUT2D eigenvalue weighted by Crippen LogP contribution is 2.28. The molecule has 1 amide bonds. The Morgan fingerprint density at radius 1 is 1.30 bits per heavy atom. The zero-order valence-electron chi connectivity index (χ0n) is 11.7. The van der Waals surface area contributed by atoms with Crippen molar-refractivity contribution in [2.24, 2.45) is 5.92 Å². The summed E-state index contributed by atoms with van der Waals surface area (Å²) in [6.07, 6.45) is 2.66. The number of rotatable bonds is 6. The maximum atomic E-state index is 12.0. The average molecular weight is 296 g/mol. The minimum absolute atomic E-state index is 0.0366. The Morgan fingerprint density at radius 3 is 2.40 bits per heavy atom. The predicted molar refractivity (Wildman–Crippen MR) is 76.3 cm³/mol. The van der Waals surface area contributed by atoms with Crippen LogP contribution in [0.15, 0.2) is 29.2 Å². The molecule has 1 saturated carbocycles. The summed E-state index contributed by atoms with van der Waals surface area (Å²) in [5.74, 6) is 0.101. The average Bonchev–Trinajstić information content (AvgIpc) is 3.28. The molecular formula is C14H20N2O3S. The van der Waals surface area contributed by atoms with Crippen LogP contribution in [0.4, 0.5) is 0 Å². The molecule has 110 valence electrons. The fourth-order valence-corrected chi connectivity index (χ4v) is 2.68. The molecule has 2 N–H and O–H groups in total. The van der Waals surface area contributed by atoms with E-state index >= 15 is 0 Å². The van der Waals surface area contributed by atoms with Gasteiger partial charge in [0.05, 0.1) is 4.90 Å². The topological polar surface area (TPSA) is 75.3 Å². The second-order valence-electron chi connectivity index (χ2n) is 5.25. The molecule has 6 heteroatoms. The lowest BCUT2D eigenvalue weighted by Gasteiger charge is -2.11. The van der Waals surface area contributed by atoms with Crippen LogP contribution in [0, 0.1) is 5.92 Å². The van der Waals surface area contributed by atoms with Gasteiger partial charge in [-0.05, 0) is 42.9 Å². The van der Waals surface area contributed by atoms with Crippen molar-refractivity contribution in [1.82, 2.24) is 10.3 Å². The van der Waals surface area contributed by atoms with Crippen molar-refractivity contribution in [2.45, 2.75) is 43.9 Å². The van der Waals surface area contributed by atoms with Crippen LogP contribution in [0.5, 0.6) is 0 Å². The van der Waals surface area contributed by atoms with Gasteiger partial charge in [0.1, 0.15) is 0 Å². The van der Waals surface area contributed by atoms with E-state index in [-0.39, 0.29) is 16.7 Å². The first-order valence-electron chi connectivity index (χ1n) is 6.85. The monoisotopic (exact) mass is 296 g/mol. The van der Waals surface area contributed by atoms with Gasteiger partial charge in [0.15, 0.2) is 0 Å². The van der Waals surface area contributed by atoms with Crippen molar-refractivity contribution in [1.29, 1.82) is 0 Å². The van der Waals surface area contributed by atoms with Gasteiger partial charge in [0, 0.05) is 5.92 Å². The number of amides is 1. The van der Waals surface area contributed by atoms with Gasteiger partial charge in [-0.15, -0.1) is 4.83 Å². The molecule has 5 nitrogen and oxygen atoms in total. The highest BCUT2D eigenvalue weighted by atomic mass is 32.2. The van der Waals surface area contributed by atoms with Crippen LogP contribution in [0.3, 0.4) is 0 Å². The van der Waals surface area contributed by atoms with E-state index in [1.54, 1.807) is 12.1 Å². The van der Waals surface area contributed by atoms with E-state index in [2.05, 4.69) is 24.1 Å². The van der Waals surface area contributed by atoms with Crippen LogP contribution in [-0.4, -0.2) is 14.3 Å². The van der Waals surface area contributed by atoms with Gasteiger partial charge in [-0.3, -0.25) is 10.2 Å². The van der Waals surface area contributed by atoms with Gasteiger partial charge in [-0.1, -0.05) is 26.0 Å². The number of sulfonamides is 1. The Hall–Kier alpha value is -1.40. The number of carbonyl (C=O) groups excluding carboxylic acids is 1. The molecular weight excluding hydrogens is 276 g/mol. The molecule has 2 rings (SSSR count). The van der Waals surface area contributed by atoms with Crippen LogP contribution in [0.2, 0.25) is 0 Å². The number of hydrazine groups is 1. The molecule has 0 aliphatic heterocycles. The Bertz CT molecular complexity index is 577. The van der Waals surface area contributed by atoms with E-state index < -0.39 is 10.0 Å². The van der Waals surface area contributed by atoms with E-state index in [1.165, 1.54) is 0 Å². The van der Waals surface area contributed by atoms with Gasteiger partial charge in [-0.2, -0.15) is 0 Å². The van der Waals surface area contributed by atoms with Crippen molar-refractivity contribution < 1.29 is 13.2 Å². The lowest BCUT2D eigenvalue weighted by atomic mass is 9.99.